The van der Waals surface area contributed by atoms with Gasteiger partial charge in [0.1, 0.15) is 11.5 Å². The molecule has 0 fully saturated rings. The summed E-state index contributed by atoms with van der Waals surface area (Å²) >= 11 is 0. The van der Waals surface area contributed by atoms with Crippen molar-refractivity contribution in [2.24, 2.45) is 0 Å². The lowest BCUT2D eigenvalue weighted by atomic mass is 10.0. The summed E-state index contributed by atoms with van der Waals surface area (Å²) in [5, 5.41) is 8.81. The number of rotatable bonds is 4. The van der Waals surface area contributed by atoms with Crippen molar-refractivity contribution in [2.75, 3.05) is 21.3 Å². The van der Waals surface area contributed by atoms with E-state index in [-0.39, 0.29) is 0 Å². The highest BCUT2D eigenvalue weighted by molar-refractivity contribution is 5.52. The summed E-state index contributed by atoms with van der Waals surface area (Å²) in [6.45, 7) is 4.50. The second kappa shape index (κ2) is 5.44. The van der Waals surface area contributed by atoms with Crippen LogP contribution in [-0.4, -0.2) is 26.2 Å². The van der Waals surface area contributed by atoms with E-state index in [0.29, 0.717) is 6.54 Å². The van der Waals surface area contributed by atoms with E-state index >= 15 is 0 Å². The average molecular weight is 234 g/mol. The summed E-state index contributed by atoms with van der Waals surface area (Å²) in [7, 11) is 5.03. The minimum absolute atomic E-state index is 0.511. The first kappa shape index (κ1) is 13.2. The van der Waals surface area contributed by atoms with Crippen molar-refractivity contribution in [1.29, 1.82) is 5.26 Å². The average Bonchev–Trinajstić information content (AvgIpc) is 2.33. The number of ether oxygens (including phenoxy) is 2. The molecular formula is C13H18N2O2. The second-order valence-electron chi connectivity index (χ2n) is 3.98. The van der Waals surface area contributed by atoms with Gasteiger partial charge < -0.3 is 14.4 Å². The van der Waals surface area contributed by atoms with Crippen LogP contribution in [0.4, 0.5) is 0 Å². The van der Waals surface area contributed by atoms with Gasteiger partial charge in [-0.1, -0.05) is 0 Å². The molecule has 1 rings (SSSR count). The summed E-state index contributed by atoms with van der Waals surface area (Å²) in [5.74, 6) is 1.65. The molecule has 1 aromatic carbocycles. The number of nitriles is 1. The van der Waals surface area contributed by atoms with Crippen LogP contribution in [0.2, 0.25) is 0 Å². The van der Waals surface area contributed by atoms with E-state index in [4.69, 9.17) is 14.7 Å². The number of methoxy groups -OCH3 is 2. The van der Waals surface area contributed by atoms with Gasteiger partial charge in [-0.2, -0.15) is 5.26 Å². The third kappa shape index (κ3) is 2.62. The van der Waals surface area contributed by atoms with Gasteiger partial charge >= 0.3 is 0 Å². The van der Waals surface area contributed by atoms with Gasteiger partial charge in [0.05, 0.1) is 20.8 Å². The predicted molar refractivity (Wildman–Crippen MR) is 66.1 cm³/mol. The van der Waals surface area contributed by atoms with Gasteiger partial charge in [0.25, 0.3) is 0 Å². The molecule has 0 aliphatic rings. The van der Waals surface area contributed by atoms with Gasteiger partial charge in [-0.25, -0.2) is 0 Å². The maximum Gasteiger partial charge on any atom is 0.179 e. The van der Waals surface area contributed by atoms with Gasteiger partial charge in [0.2, 0.25) is 0 Å². The molecule has 0 amide bonds. The van der Waals surface area contributed by atoms with Crippen molar-refractivity contribution >= 4 is 0 Å². The number of nitrogens with zero attached hydrogens (tertiary/aromatic N) is 2. The van der Waals surface area contributed by atoms with Crippen molar-refractivity contribution in [3.63, 3.8) is 0 Å². The third-order valence-electron chi connectivity index (χ3n) is 2.87. The SMILES string of the molecule is COc1cc(CN(C)C#N)c(OC)c(C)c1C. The molecule has 0 aliphatic heterocycles. The Morgan fingerprint density at radius 2 is 1.88 bits per heavy atom. The monoisotopic (exact) mass is 234 g/mol. The Balaban J connectivity index is 3.28. The largest absolute Gasteiger partial charge is 0.496 e. The highest BCUT2D eigenvalue weighted by atomic mass is 16.5. The summed E-state index contributed by atoms with van der Waals surface area (Å²) in [6.07, 6.45) is 2.07. The minimum Gasteiger partial charge on any atom is -0.496 e. The molecule has 17 heavy (non-hydrogen) atoms. The summed E-state index contributed by atoms with van der Waals surface area (Å²) in [4.78, 5) is 1.55. The lowest BCUT2D eigenvalue weighted by Gasteiger charge is -2.18. The molecule has 0 radical (unpaired) electrons. The summed E-state index contributed by atoms with van der Waals surface area (Å²) in [5.41, 5.74) is 3.07. The van der Waals surface area contributed by atoms with E-state index in [2.05, 4.69) is 6.19 Å². The molecule has 0 saturated heterocycles. The van der Waals surface area contributed by atoms with E-state index in [1.807, 2.05) is 19.9 Å². The fourth-order valence-electron chi connectivity index (χ4n) is 1.83. The quantitative estimate of drug-likeness (QED) is 0.592. The van der Waals surface area contributed by atoms with Crippen LogP contribution in [0.1, 0.15) is 16.7 Å². The van der Waals surface area contributed by atoms with E-state index in [1.54, 1.807) is 26.2 Å². The fourth-order valence-corrected chi connectivity index (χ4v) is 1.83. The normalized spacial score (nSPS) is 9.65. The van der Waals surface area contributed by atoms with E-state index in [1.165, 1.54) is 0 Å². The van der Waals surface area contributed by atoms with Crippen molar-refractivity contribution in [2.45, 2.75) is 20.4 Å². The topological polar surface area (TPSA) is 45.5 Å². The summed E-state index contributed by atoms with van der Waals surface area (Å²) in [6, 6.07) is 1.93. The predicted octanol–water partition coefficient (Wildman–Crippen LogP) is 2.23. The Labute approximate surface area is 102 Å². The first-order chi connectivity index (χ1) is 8.04. The van der Waals surface area contributed by atoms with Crippen molar-refractivity contribution in [1.82, 2.24) is 4.90 Å². The second-order valence-corrected chi connectivity index (χ2v) is 3.98. The molecular weight excluding hydrogens is 216 g/mol. The van der Waals surface area contributed by atoms with Gasteiger partial charge in [-0.3, -0.25) is 0 Å². The van der Waals surface area contributed by atoms with Crippen LogP contribution in [0.5, 0.6) is 11.5 Å². The molecule has 0 saturated carbocycles. The Hall–Kier alpha value is -1.89. The smallest absolute Gasteiger partial charge is 0.179 e. The maximum absolute atomic E-state index is 8.81. The van der Waals surface area contributed by atoms with Crippen LogP contribution < -0.4 is 9.47 Å². The molecule has 0 aromatic heterocycles. The van der Waals surface area contributed by atoms with Gasteiger partial charge in [-0.05, 0) is 31.0 Å². The van der Waals surface area contributed by atoms with Crippen LogP contribution in [0, 0.1) is 25.3 Å². The highest BCUT2D eigenvalue weighted by Gasteiger charge is 2.14. The molecule has 0 atom stereocenters. The molecule has 92 valence electrons. The molecule has 0 heterocycles. The van der Waals surface area contributed by atoms with Gasteiger partial charge in [-0.15, -0.1) is 0 Å². The van der Waals surface area contributed by atoms with Crippen molar-refractivity contribution in [3.05, 3.63) is 22.8 Å². The number of benzene rings is 1. The fraction of sp³-hybridized carbons (Fsp3) is 0.462. The van der Waals surface area contributed by atoms with Crippen LogP contribution >= 0.6 is 0 Å². The van der Waals surface area contributed by atoms with Crippen LogP contribution in [0.25, 0.3) is 0 Å². The first-order valence-electron chi connectivity index (χ1n) is 5.37. The Kier molecular flexibility index (Phi) is 4.22. The van der Waals surface area contributed by atoms with Crippen molar-refractivity contribution in [3.8, 4) is 17.7 Å². The molecule has 0 N–H and O–H groups in total. The Morgan fingerprint density at radius 3 is 2.35 bits per heavy atom. The molecule has 1 aromatic rings. The van der Waals surface area contributed by atoms with Crippen molar-refractivity contribution < 1.29 is 9.47 Å². The molecule has 0 spiro atoms. The maximum atomic E-state index is 8.81. The van der Waals surface area contributed by atoms with E-state index in [0.717, 1.165) is 28.2 Å². The zero-order chi connectivity index (χ0) is 13.0. The van der Waals surface area contributed by atoms with E-state index in [9.17, 15) is 0 Å². The lowest BCUT2D eigenvalue weighted by Crippen LogP contribution is -2.12. The highest BCUT2D eigenvalue weighted by Crippen LogP contribution is 2.33. The molecule has 0 aliphatic carbocycles. The Morgan fingerprint density at radius 1 is 1.24 bits per heavy atom. The van der Waals surface area contributed by atoms with E-state index < -0.39 is 0 Å². The van der Waals surface area contributed by atoms with Gasteiger partial charge in [0.15, 0.2) is 6.19 Å². The molecule has 0 unspecified atom stereocenters. The van der Waals surface area contributed by atoms with Crippen LogP contribution in [0.3, 0.4) is 0 Å². The zero-order valence-corrected chi connectivity index (χ0v) is 11.0. The Bertz CT molecular complexity index is 450. The molecule has 0 bridgehead atoms. The number of hydrogen-bond donors (Lipinski definition) is 0. The van der Waals surface area contributed by atoms with Crippen LogP contribution in [-0.2, 0) is 6.54 Å². The minimum atomic E-state index is 0.511. The van der Waals surface area contributed by atoms with Gasteiger partial charge in [0, 0.05) is 12.6 Å². The number of hydrogen-bond acceptors (Lipinski definition) is 4. The molecule has 4 nitrogen and oxygen atoms in total. The standard InChI is InChI=1S/C13H18N2O2/c1-9-10(2)13(17-5)11(6-12(9)16-4)7-15(3)8-14/h6H,7H2,1-5H3. The molecule has 4 heteroatoms. The zero-order valence-electron chi connectivity index (χ0n) is 11.0. The van der Waals surface area contributed by atoms with Crippen LogP contribution in [0.15, 0.2) is 6.07 Å². The third-order valence-corrected chi connectivity index (χ3v) is 2.87. The first-order valence-corrected chi connectivity index (χ1v) is 5.37. The summed E-state index contributed by atoms with van der Waals surface area (Å²) < 4.78 is 10.7. The lowest BCUT2D eigenvalue weighted by molar-refractivity contribution is 0.381.